The Balaban J connectivity index is 1.70. The maximum atomic E-state index is 13.7. The van der Waals surface area contributed by atoms with Crippen molar-refractivity contribution in [2.75, 3.05) is 18.1 Å². The number of hydrogen-bond donors (Lipinski definition) is 4. The first-order valence-corrected chi connectivity index (χ1v) is 16.4. The SMILES string of the molecule is CC(C)[C@H]1NC(=O)C[C@H]2/C=C/CCSSCC(NC1=O)C(=O)N[C@H](Cc1cccc3ccccc13)C(=O)NCC(=O)O2. The number of amides is 4. The maximum absolute atomic E-state index is 13.7. The number of nitrogens with one attached hydrogen (secondary N) is 4. The normalized spacial score (nSPS) is 25.9. The number of carbonyl (C=O) groups excluding carboxylic acids is 5. The molecule has 1 saturated heterocycles. The van der Waals surface area contributed by atoms with Crippen LogP contribution in [0.15, 0.2) is 54.6 Å². The van der Waals surface area contributed by atoms with Gasteiger partial charge in [0.25, 0.3) is 0 Å². The Labute approximate surface area is 252 Å². The second-order valence-electron chi connectivity index (χ2n) is 10.5. The molecule has 2 aromatic rings. The molecule has 0 saturated carbocycles. The van der Waals surface area contributed by atoms with Gasteiger partial charge in [-0.1, -0.05) is 84.0 Å². The van der Waals surface area contributed by atoms with Gasteiger partial charge in [-0.3, -0.25) is 24.0 Å². The number of carbonyl (C=O) groups is 5. The van der Waals surface area contributed by atoms with Gasteiger partial charge in [-0.15, -0.1) is 0 Å². The van der Waals surface area contributed by atoms with Gasteiger partial charge in [-0.2, -0.15) is 0 Å². The fraction of sp³-hybridized carbons (Fsp3) is 0.433. The molecule has 4 atom stereocenters. The highest BCUT2D eigenvalue weighted by molar-refractivity contribution is 8.76. The van der Waals surface area contributed by atoms with Crippen LogP contribution in [0, 0.1) is 5.92 Å². The van der Waals surface area contributed by atoms with E-state index in [-0.39, 0.29) is 24.5 Å². The van der Waals surface area contributed by atoms with Gasteiger partial charge in [0.2, 0.25) is 23.6 Å². The van der Waals surface area contributed by atoms with Crippen LogP contribution in [0.25, 0.3) is 10.8 Å². The summed E-state index contributed by atoms with van der Waals surface area (Å²) >= 11 is 0. The number of rotatable bonds is 3. The summed E-state index contributed by atoms with van der Waals surface area (Å²) in [7, 11) is 2.97. The van der Waals surface area contributed by atoms with Crippen LogP contribution in [0.2, 0.25) is 0 Å². The molecule has 42 heavy (non-hydrogen) atoms. The number of allylic oxidation sites excluding steroid dienone is 1. The number of hydrogen-bond acceptors (Lipinski definition) is 8. The lowest BCUT2D eigenvalue weighted by Gasteiger charge is -2.27. The van der Waals surface area contributed by atoms with E-state index in [1.165, 1.54) is 21.6 Å². The molecule has 2 aromatic carbocycles. The predicted molar refractivity (Wildman–Crippen MR) is 164 cm³/mol. The quantitative estimate of drug-likeness (QED) is 0.235. The topological polar surface area (TPSA) is 143 Å². The van der Waals surface area contributed by atoms with Crippen molar-refractivity contribution < 1.29 is 28.7 Å². The molecule has 4 rings (SSSR count). The fourth-order valence-corrected chi connectivity index (χ4v) is 6.90. The first kappa shape index (κ1) is 31.4. The lowest BCUT2D eigenvalue weighted by Crippen LogP contribution is -2.59. The molecule has 12 heteroatoms. The van der Waals surface area contributed by atoms with E-state index in [1.807, 2.05) is 48.5 Å². The van der Waals surface area contributed by atoms with Gasteiger partial charge in [-0.05, 0) is 34.8 Å². The molecule has 0 aliphatic carbocycles. The van der Waals surface area contributed by atoms with Crippen LogP contribution in [0.3, 0.4) is 0 Å². The first-order chi connectivity index (χ1) is 20.2. The van der Waals surface area contributed by atoms with Gasteiger partial charge in [-0.25, -0.2) is 0 Å². The molecule has 2 aliphatic heterocycles. The molecule has 2 aliphatic rings. The van der Waals surface area contributed by atoms with Crippen molar-refractivity contribution in [1.82, 2.24) is 21.3 Å². The summed E-state index contributed by atoms with van der Waals surface area (Å²) in [5, 5.41) is 12.9. The van der Waals surface area contributed by atoms with E-state index in [4.69, 9.17) is 4.74 Å². The number of fused-ring (bicyclic) bond motifs is 8. The van der Waals surface area contributed by atoms with Crippen LogP contribution in [0.1, 0.15) is 32.3 Å². The van der Waals surface area contributed by atoms with Crippen LogP contribution in [-0.2, 0) is 35.1 Å². The van der Waals surface area contributed by atoms with Crippen molar-refractivity contribution in [3.63, 3.8) is 0 Å². The zero-order valence-electron chi connectivity index (χ0n) is 23.6. The minimum Gasteiger partial charge on any atom is -0.456 e. The molecule has 4 amide bonds. The molecule has 1 unspecified atom stereocenters. The van der Waals surface area contributed by atoms with Crippen molar-refractivity contribution in [1.29, 1.82) is 0 Å². The molecule has 0 aromatic heterocycles. The third-order valence-electron chi connectivity index (χ3n) is 6.95. The Morgan fingerprint density at radius 1 is 0.905 bits per heavy atom. The number of esters is 1. The third kappa shape index (κ3) is 8.75. The summed E-state index contributed by atoms with van der Waals surface area (Å²) in [4.78, 5) is 66.1. The minimum atomic E-state index is -1.03. The van der Waals surface area contributed by atoms with Crippen LogP contribution >= 0.6 is 21.6 Å². The highest BCUT2D eigenvalue weighted by Gasteiger charge is 2.32. The molecule has 0 radical (unpaired) electrons. The largest absolute Gasteiger partial charge is 0.456 e. The summed E-state index contributed by atoms with van der Waals surface area (Å²) in [6, 6.07) is 10.6. The average molecular weight is 613 g/mol. The van der Waals surface area contributed by atoms with Gasteiger partial charge in [0, 0.05) is 17.9 Å². The van der Waals surface area contributed by atoms with Gasteiger partial charge < -0.3 is 26.0 Å². The maximum Gasteiger partial charge on any atom is 0.326 e. The van der Waals surface area contributed by atoms with E-state index < -0.39 is 60.4 Å². The lowest BCUT2D eigenvalue weighted by atomic mass is 9.98. The van der Waals surface area contributed by atoms with E-state index >= 15 is 0 Å². The molecule has 10 nitrogen and oxygen atoms in total. The van der Waals surface area contributed by atoms with Gasteiger partial charge in [0.15, 0.2) is 0 Å². The van der Waals surface area contributed by atoms with Crippen molar-refractivity contribution in [2.45, 2.75) is 57.3 Å². The molecular formula is C30H36N4O6S2. The predicted octanol–water partition coefficient (Wildman–Crippen LogP) is 2.27. The zero-order valence-corrected chi connectivity index (χ0v) is 25.2. The number of ether oxygens (including phenoxy) is 1. The molecule has 224 valence electrons. The second-order valence-corrected chi connectivity index (χ2v) is 13.2. The van der Waals surface area contributed by atoms with Crippen LogP contribution in [0.4, 0.5) is 0 Å². The highest BCUT2D eigenvalue weighted by Crippen LogP contribution is 2.24. The van der Waals surface area contributed by atoms with E-state index in [0.29, 0.717) is 12.2 Å². The molecule has 2 bridgehead atoms. The van der Waals surface area contributed by atoms with Gasteiger partial charge >= 0.3 is 5.97 Å². The Morgan fingerprint density at radius 2 is 1.69 bits per heavy atom. The van der Waals surface area contributed by atoms with Crippen molar-refractivity contribution in [2.24, 2.45) is 5.92 Å². The Bertz CT molecular complexity index is 1340. The summed E-state index contributed by atoms with van der Waals surface area (Å²) in [5.74, 6) is -2.14. The van der Waals surface area contributed by atoms with Crippen molar-refractivity contribution in [3.8, 4) is 0 Å². The van der Waals surface area contributed by atoms with Gasteiger partial charge in [0.1, 0.15) is 30.8 Å². The van der Waals surface area contributed by atoms with Crippen molar-refractivity contribution >= 4 is 62.0 Å². The zero-order chi connectivity index (χ0) is 30.1. The highest BCUT2D eigenvalue weighted by atomic mass is 33.1. The Kier molecular flexibility index (Phi) is 11.3. The van der Waals surface area contributed by atoms with Crippen LogP contribution in [0.5, 0.6) is 0 Å². The molecular weight excluding hydrogens is 576 g/mol. The average Bonchev–Trinajstić information content (AvgIpc) is 2.96. The van der Waals surface area contributed by atoms with E-state index in [2.05, 4.69) is 21.3 Å². The van der Waals surface area contributed by atoms with Crippen LogP contribution < -0.4 is 21.3 Å². The first-order valence-electron chi connectivity index (χ1n) is 14.0. The van der Waals surface area contributed by atoms with E-state index in [1.54, 1.807) is 19.9 Å². The minimum absolute atomic E-state index is 0.159. The number of benzene rings is 2. The second kappa shape index (κ2) is 15.1. The summed E-state index contributed by atoms with van der Waals surface area (Å²) in [6.45, 7) is 3.14. The lowest BCUT2D eigenvalue weighted by molar-refractivity contribution is -0.148. The fourth-order valence-electron chi connectivity index (χ4n) is 4.75. The van der Waals surface area contributed by atoms with E-state index in [9.17, 15) is 24.0 Å². The Morgan fingerprint density at radius 3 is 2.50 bits per heavy atom. The van der Waals surface area contributed by atoms with Crippen LogP contribution in [-0.4, -0.2) is 71.9 Å². The Hall–Kier alpha value is -3.51. The smallest absolute Gasteiger partial charge is 0.326 e. The van der Waals surface area contributed by atoms with Crippen molar-refractivity contribution in [3.05, 3.63) is 60.2 Å². The monoisotopic (exact) mass is 612 g/mol. The standard InChI is InChI=1S/C30H36N4O6S2/c1-18(2)27-30(39)33-24-17-42-41-13-6-5-11-21(15-25(35)34-27)40-26(36)16-31-28(37)23(32-29(24)38)14-20-10-7-9-19-8-3-4-12-22(19)20/h3-5,7-12,18,21,23-24,27H,6,13-17H2,1-2H3,(H,31,37)(H,32,38)(H,33,39)(H,34,35)/b11-5+/t21-,23-,24?,27-/m1/s1. The molecule has 2 heterocycles. The van der Waals surface area contributed by atoms with Gasteiger partial charge in [0.05, 0.1) is 6.42 Å². The third-order valence-corrected chi connectivity index (χ3v) is 9.40. The summed E-state index contributed by atoms with van der Waals surface area (Å²) in [5.41, 5.74) is 0.842. The van der Waals surface area contributed by atoms with E-state index in [0.717, 1.165) is 16.3 Å². The molecule has 0 spiro atoms. The summed E-state index contributed by atoms with van der Waals surface area (Å²) < 4.78 is 5.54. The molecule has 1 fully saturated rings. The molecule has 4 N–H and O–H groups in total. The summed E-state index contributed by atoms with van der Waals surface area (Å²) in [6.07, 6.45) is 3.23.